The van der Waals surface area contributed by atoms with E-state index in [1.54, 1.807) is 0 Å². The lowest BCUT2D eigenvalue weighted by atomic mass is 10.1. The molecular formula is C21H31N5OS. The minimum Gasteiger partial charge on any atom is -0.350 e. The monoisotopic (exact) mass is 401 g/mol. The maximum Gasteiger partial charge on any atom is 0.263 e. The molecule has 1 aliphatic rings. The molecule has 1 aromatic heterocycles. The Hall–Kier alpha value is -1.96. The molecular weight excluding hydrogens is 370 g/mol. The van der Waals surface area contributed by atoms with Crippen LogP contribution in [0, 0.1) is 20.8 Å². The number of amides is 1. The topological polar surface area (TPSA) is 60.5 Å². The Morgan fingerprint density at radius 1 is 1.14 bits per heavy atom. The van der Waals surface area contributed by atoms with E-state index in [0.717, 1.165) is 55.8 Å². The van der Waals surface area contributed by atoms with Crippen LogP contribution in [0.2, 0.25) is 0 Å². The van der Waals surface area contributed by atoms with E-state index >= 15 is 0 Å². The molecule has 1 aromatic carbocycles. The summed E-state index contributed by atoms with van der Waals surface area (Å²) in [6.07, 6.45) is 0. The van der Waals surface area contributed by atoms with Crippen molar-refractivity contribution in [1.82, 2.24) is 20.1 Å². The van der Waals surface area contributed by atoms with E-state index in [4.69, 9.17) is 0 Å². The van der Waals surface area contributed by atoms with Gasteiger partial charge in [-0.05, 0) is 38.9 Å². The zero-order chi connectivity index (χ0) is 20.1. The highest BCUT2D eigenvalue weighted by molar-refractivity contribution is 7.17. The lowest BCUT2D eigenvalue weighted by molar-refractivity contribution is 0.0941. The maximum atomic E-state index is 12.6. The van der Waals surface area contributed by atoms with Crippen LogP contribution in [0.25, 0.3) is 0 Å². The van der Waals surface area contributed by atoms with Crippen LogP contribution in [0.3, 0.4) is 0 Å². The molecule has 6 nitrogen and oxygen atoms in total. The smallest absolute Gasteiger partial charge is 0.263 e. The fourth-order valence-electron chi connectivity index (χ4n) is 3.47. The molecule has 0 atom stereocenters. The fourth-order valence-corrected chi connectivity index (χ4v) is 4.36. The number of anilines is 2. The Kier molecular flexibility index (Phi) is 7.04. The molecule has 2 N–H and O–H groups in total. The van der Waals surface area contributed by atoms with Crippen LogP contribution in [0.15, 0.2) is 18.2 Å². The normalized spacial score (nSPS) is 15.6. The number of hydrogen-bond donors (Lipinski definition) is 2. The fraction of sp³-hybridized carbons (Fsp3) is 0.524. The number of aryl methyl sites for hydroxylation is 3. The first kappa shape index (κ1) is 20.8. The molecule has 1 saturated heterocycles. The predicted molar refractivity (Wildman–Crippen MR) is 117 cm³/mol. The van der Waals surface area contributed by atoms with Gasteiger partial charge >= 0.3 is 0 Å². The first-order valence-electron chi connectivity index (χ1n) is 10.0. The van der Waals surface area contributed by atoms with Gasteiger partial charge in [0.25, 0.3) is 5.91 Å². The Labute approximate surface area is 172 Å². The number of benzene rings is 1. The average Bonchev–Trinajstić information content (AvgIpc) is 3.05. The summed E-state index contributed by atoms with van der Waals surface area (Å²) >= 11 is 1.41. The largest absolute Gasteiger partial charge is 0.350 e. The lowest BCUT2D eigenvalue weighted by Gasteiger charge is -2.33. The number of carbonyl (C=O) groups excluding carboxylic acids is 1. The number of aromatic nitrogens is 1. The SMILES string of the molecule is CCN1CCN(CCNC(=O)c2sc(Nc3ccc(C)cc3C)nc2C)CC1. The van der Waals surface area contributed by atoms with Crippen LogP contribution in [-0.2, 0) is 0 Å². The van der Waals surface area contributed by atoms with Crippen molar-refractivity contribution in [2.24, 2.45) is 0 Å². The van der Waals surface area contributed by atoms with Crippen molar-refractivity contribution < 1.29 is 4.79 Å². The second-order valence-corrected chi connectivity index (χ2v) is 8.41. The number of nitrogens with zero attached hydrogens (tertiary/aromatic N) is 3. The van der Waals surface area contributed by atoms with Gasteiger partial charge in [-0.2, -0.15) is 0 Å². The van der Waals surface area contributed by atoms with Gasteiger partial charge in [0, 0.05) is 45.0 Å². The molecule has 3 rings (SSSR count). The average molecular weight is 402 g/mol. The van der Waals surface area contributed by atoms with Gasteiger partial charge in [0.05, 0.1) is 5.69 Å². The number of likely N-dealkylation sites (N-methyl/N-ethyl adjacent to an activating group) is 1. The van der Waals surface area contributed by atoms with Gasteiger partial charge in [-0.3, -0.25) is 9.69 Å². The van der Waals surface area contributed by atoms with E-state index in [1.165, 1.54) is 22.5 Å². The second kappa shape index (κ2) is 9.49. The molecule has 0 saturated carbocycles. The molecule has 1 aliphatic heterocycles. The van der Waals surface area contributed by atoms with Crippen LogP contribution in [0.4, 0.5) is 10.8 Å². The van der Waals surface area contributed by atoms with Crippen LogP contribution in [0.5, 0.6) is 0 Å². The van der Waals surface area contributed by atoms with Crippen molar-refractivity contribution in [2.75, 3.05) is 51.1 Å². The molecule has 0 radical (unpaired) electrons. The van der Waals surface area contributed by atoms with E-state index in [1.807, 2.05) is 6.92 Å². The molecule has 152 valence electrons. The standard InChI is InChI=1S/C21H31N5OS/c1-5-25-10-12-26(13-11-25)9-8-22-20(27)19-17(4)23-21(28-19)24-18-7-6-15(2)14-16(18)3/h6-7,14H,5,8-13H2,1-4H3,(H,22,27)(H,23,24). The van der Waals surface area contributed by atoms with Gasteiger partial charge in [0.2, 0.25) is 0 Å². The van der Waals surface area contributed by atoms with E-state index in [-0.39, 0.29) is 5.91 Å². The summed E-state index contributed by atoms with van der Waals surface area (Å²) in [6, 6.07) is 6.26. The number of piperazine rings is 1. The molecule has 7 heteroatoms. The first-order valence-corrected chi connectivity index (χ1v) is 10.8. The predicted octanol–water partition coefficient (Wildman–Crippen LogP) is 3.18. The highest BCUT2D eigenvalue weighted by Gasteiger charge is 2.18. The molecule has 0 bridgehead atoms. The van der Waals surface area contributed by atoms with Crippen molar-refractivity contribution in [1.29, 1.82) is 0 Å². The van der Waals surface area contributed by atoms with Crippen molar-refractivity contribution in [3.05, 3.63) is 39.9 Å². The number of thiazole rings is 1. The summed E-state index contributed by atoms with van der Waals surface area (Å²) in [5.41, 5.74) is 4.19. The van der Waals surface area contributed by atoms with Crippen molar-refractivity contribution in [3.8, 4) is 0 Å². The third-order valence-electron chi connectivity index (χ3n) is 5.25. The summed E-state index contributed by atoms with van der Waals surface area (Å²) in [5, 5.41) is 7.16. The molecule has 1 fully saturated rings. The molecule has 2 aromatic rings. The van der Waals surface area contributed by atoms with Gasteiger partial charge < -0.3 is 15.5 Å². The summed E-state index contributed by atoms with van der Waals surface area (Å²) in [6.45, 7) is 15.3. The second-order valence-electron chi connectivity index (χ2n) is 7.41. The lowest BCUT2D eigenvalue weighted by Crippen LogP contribution is -2.48. The summed E-state index contributed by atoms with van der Waals surface area (Å²) in [5.74, 6) is -0.0316. The number of carbonyl (C=O) groups is 1. The van der Waals surface area contributed by atoms with Gasteiger partial charge in [-0.15, -0.1) is 0 Å². The Bertz CT molecular complexity index is 811. The molecule has 0 spiro atoms. The zero-order valence-electron chi connectivity index (χ0n) is 17.3. The summed E-state index contributed by atoms with van der Waals surface area (Å²) < 4.78 is 0. The van der Waals surface area contributed by atoms with E-state index < -0.39 is 0 Å². The van der Waals surface area contributed by atoms with Gasteiger partial charge in [0.1, 0.15) is 4.88 Å². The molecule has 28 heavy (non-hydrogen) atoms. The van der Waals surface area contributed by atoms with Crippen LogP contribution in [-0.4, -0.2) is 66.5 Å². The van der Waals surface area contributed by atoms with Crippen molar-refractivity contribution >= 4 is 28.1 Å². The highest BCUT2D eigenvalue weighted by atomic mass is 32.1. The van der Waals surface area contributed by atoms with E-state index in [9.17, 15) is 4.79 Å². The molecule has 0 unspecified atom stereocenters. The van der Waals surface area contributed by atoms with Crippen LogP contribution >= 0.6 is 11.3 Å². The Morgan fingerprint density at radius 2 is 1.86 bits per heavy atom. The minimum absolute atomic E-state index is 0.0316. The molecule has 2 heterocycles. The molecule has 1 amide bonds. The zero-order valence-corrected chi connectivity index (χ0v) is 18.2. The van der Waals surface area contributed by atoms with Gasteiger partial charge in [-0.1, -0.05) is 36.0 Å². The Morgan fingerprint density at radius 3 is 2.54 bits per heavy atom. The minimum atomic E-state index is -0.0316. The number of hydrogen-bond acceptors (Lipinski definition) is 6. The third-order valence-corrected chi connectivity index (χ3v) is 6.32. The van der Waals surface area contributed by atoms with E-state index in [0.29, 0.717) is 11.4 Å². The Balaban J connectivity index is 1.51. The number of rotatable bonds is 7. The van der Waals surface area contributed by atoms with Crippen molar-refractivity contribution in [3.63, 3.8) is 0 Å². The maximum absolute atomic E-state index is 12.6. The third kappa shape index (κ3) is 5.31. The highest BCUT2D eigenvalue weighted by Crippen LogP contribution is 2.27. The van der Waals surface area contributed by atoms with Crippen molar-refractivity contribution in [2.45, 2.75) is 27.7 Å². The summed E-state index contributed by atoms with van der Waals surface area (Å²) in [4.78, 5) is 22.7. The first-order chi connectivity index (χ1) is 13.5. The van der Waals surface area contributed by atoms with Gasteiger partial charge in [0.15, 0.2) is 5.13 Å². The molecule has 0 aliphatic carbocycles. The number of nitrogens with one attached hydrogen (secondary N) is 2. The van der Waals surface area contributed by atoms with Crippen LogP contribution in [0.1, 0.15) is 33.4 Å². The summed E-state index contributed by atoms with van der Waals surface area (Å²) in [7, 11) is 0. The van der Waals surface area contributed by atoms with Gasteiger partial charge in [-0.25, -0.2) is 4.98 Å². The quantitative estimate of drug-likeness (QED) is 0.746. The van der Waals surface area contributed by atoms with Crippen LogP contribution < -0.4 is 10.6 Å². The van der Waals surface area contributed by atoms with E-state index in [2.05, 4.69) is 64.4 Å².